The molecule has 110 valence electrons. The van der Waals surface area contributed by atoms with Crippen molar-refractivity contribution in [3.63, 3.8) is 0 Å². The fourth-order valence-corrected chi connectivity index (χ4v) is 3.08. The van der Waals surface area contributed by atoms with Gasteiger partial charge in [-0.1, -0.05) is 37.3 Å². The van der Waals surface area contributed by atoms with Crippen molar-refractivity contribution in [2.24, 2.45) is 11.7 Å². The second-order valence-electron chi connectivity index (χ2n) is 6.51. The van der Waals surface area contributed by atoms with Gasteiger partial charge in [-0.05, 0) is 38.2 Å². The maximum absolute atomic E-state index is 13.0. The van der Waals surface area contributed by atoms with Crippen LogP contribution in [0.2, 0.25) is 0 Å². The first-order valence-electron chi connectivity index (χ1n) is 7.53. The molecule has 2 unspecified atom stereocenters. The van der Waals surface area contributed by atoms with Gasteiger partial charge in [0, 0.05) is 19.1 Å². The Morgan fingerprint density at radius 2 is 2.00 bits per heavy atom. The minimum absolute atomic E-state index is 0.189. The Hall–Kier alpha value is -1.35. The molecular formula is C17H26N2O. The van der Waals surface area contributed by atoms with Crippen LogP contribution in [0.5, 0.6) is 0 Å². The highest BCUT2D eigenvalue weighted by molar-refractivity contribution is 5.87. The first kappa shape index (κ1) is 15.0. The molecule has 20 heavy (non-hydrogen) atoms. The van der Waals surface area contributed by atoms with Gasteiger partial charge in [-0.15, -0.1) is 0 Å². The largest absolute Gasteiger partial charge is 0.338 e. The number of rotatable bonds is 3. The highest BCUT2D eigenvalue weighted by atomic mass is 16.2. The summed E-state index contributed by atoms with van der Waals surface area (Å²) in [5.41, 5.74) is 6.46. The van der Waals surface area contributed by atoms with Crippen molar-refractivity contribution in [2.45, 2.75) is 45.1 Å². The molecule has 0 spiro atoms. The van der Waals surface area contributed by atoms with Crippen LogP contribution in [-0.4, -0.2) is 29.9 Å². The maximum atomic E-state index is 13.0. The van der Waals surface area contributed by atoms with Crippen LogP contribution in [0, 0.1) is 5.92 Å². The molecule has 0 bridgehead atoms. The molecule has 3 heteroatoms. The third kappa shape index (κ3) is 2.88. The topological polar surface area (TPSA) is 46.3 Å². The van der Waals surface area contributed by atoms with Crippen LogP contribution in [0.1, 0.15) is 39.2 Å². The van der Waals surface area contributed by atoms with E-state index in [4.69, 9.17) is 5.73 Å². The van der Waals surface area contributed by atoms with Crippen LogP contribution < -0.4 is 5.73 Å². The van der Waals surface area contributed by atoms with Crippen molar-refractivity contribution in [3.8, 4) is 0 Å². The Kier molecular flexibility index (Phi) is 4.48. The molecule has 2 atom stereocenters. The molecular weight excluding hydrogens is 248 g/mol. The van der Waals surface area contributed by atoms with Crippen LogP contribution in [0.4, 0.5) is 0 Å². The van der Waals surface area contributed by atoms with Crippen LogP contribution in [0.3, 0.4) is 0 Å². The smallest absolute Gasteiger partial charge is 0.232 e. The van der Waals surface area contributed by atoms with Crippen LogP contribution >= 0.6 is 0 Å². The molecule has 1 heterocycles. The van der Waals surface area contributed by atoms with Crippen molar-refractivity contribution in [1.29, 1.82) is 0 Å². The van der Waals surface area contributed by atoms with Crippen LogP contribution in [-0.2, 0) is 10.2 Å². The maximum Gasteiger partial charge on any atom is 0.232 e. The van der Waals surface area contributed by atoms with E-state index in [-0.39, 0.29) is 11.9 Å². The fraction of sp³-hybridized carbons (Fsp3) is 0.588. The average Bonchev–Trinajstić information content (AvgIpc) is 2.47. The lowest BCUT2D eigenvalue weighted by Gasteiger charge is -2.42. The molecule has 1 amide bonds. The van der Waals surface area contributed by atoms with Gasteiger partial charge < -0.3 is 10.6 Å². The third-order valence-electron chi connectivity index (χ3n) is 4.54. The zero-order chi connectivity index (χ0) is 14.8. The summed E-state index contributed by atoms with van der Waals surface area (Å²) in [6, 6.07) is 10.2. The Bertz CT molecular complexity index is 455. The van der Waals surface area contributed by atoms with Gasteiger partial charge in [-0.25, -0.2) is 0 Å². The minimum atomic E-state index is -0.491. The number of hydrogen-bond donors (Lipinski definition) is 1. The summed E-state index contributed by atoms with van der Waals surface area (Å²) >= 11 is 0. The zero-order valence-corrected chi connectivity index (χ0v) is 12.8. The van der Waals surface area contributed by atoms with Gasteiger partial charge in [0.1, 0.15) is 0 Å². The monoisotopic (exact) mass is 274 g/mol. The highest BCUT2D eigenvalue weighted by Gasteiger charge is 2.38. The zero-order valence-electron chi connectivity index (χ0n) is 12.8. The molecule has 1 saturated heterocycles. The molecule has 3 nitrogen and oxygen atoms in total. The van der Waals surface area contributed by atoms with Gasteiger partial charge in [-0.2, -0.15) is 0 Å². The van der Waals surface area contributed by atoms with E-state index in [1.165, 1.54) is 0 Å². The van der Waals surface area contributed by atoms with Crippen molar-refractivity contribution >= 4 is 5.91 Å². The quantitative estimate of drug-likeness (QED) is 0.920. The number of carbonyl (C=O) groups is 1. The Morgan fingerprint density at radius 3 is 2.60 bits per heavy atom. The summed E-state index contributed by atoms with van der Waals surface area (Å²) < 4.78 is 0. The Balaban J connectivity index is 2.21. The molecule has 0 aliphatic carbocycles. The normalized spacial score (nSPS) is 23.7. The molecule has 1 fully saturated rings. The lowest BCUT2D eigenvalue weighted by Crippen LogP contribution is -2.54. The number of benzene rings is 1. The predicted octanol–water partition coefficient (Wildman–Crippen LogP) is 2.55. The van der Waals surface area contributed by atoms with Gasteiger partial charge in [-0.3, -0.25) is 4.79 Å². The van der Waals surface area contributed by atoms with E-state index in [0.29, 0.717) is 12.5 Å². The molecule has 1 aromatic rings. The number of nitrogens with two attached hydrogens (primary N) is 1. The Morgan fingerprint density at radius 1 is 1.35 bits per heavy atom. The lowest BCUT2D eigenvalue weighted by molar-refractivity contribution is -0.140. The number of likely N-dealkylation sites (tertiary alicyclic amines) is 1. The first-order valence-corrected chi connectivity index (χ1v) is 7.53. The van der Waals surface area contributed by atoms with Crippen LogP contribution in [0.15, 0.2) is 30.3 Å². The summed E-state index contributed by atoms with van der Waals surface area (Å²) in [5.74, 6) is 0.860. The van der Waals surface area contributed by atoms with Crippen LogP contribution in [0.25, 0.3) is 0 Å². The van der Waals surface area contributed by atoms with E-state index in [2.05, 4.69) is 6.92 Å². The molecule has 1 aliphatic heterocycles. The summed E-state index contributed by atoms with van der Waals surface area (Å²) in [5, 5.41) is 0. The number of nitrogens with zero attached hydrogens (tertiary/aromatic N) is 1. The third-order valence-corrected chi connectivity index (χ3v) is 4.54. The fourth-order valence-electron chi connectivity index (χ4n) is 3.08. The summed E-state index contributed by atoms with van der Waals surface area (Å²) in [6.45, 7) is 7.65. The van der Waals surface area contributed by atoms with Gasteiger partial charge in [0.2, 0.25) is 5.91 Å². The van der Waals surface area contributed by atoms with Gasteiger partial charge >= 0.3 is 0 Å². The van der Waals surface area contributed by atoms with Gasteiger partial charge in [0.25, 0.3) is 0 Å². The number of carbonyl (C=O) groups excluding carboxylic acids is 1. The van der Waals surface area contributed by atoms with E-state index in [1.807, 2.05) is 49.1 Å². The second-order valence-corrected chi connectivity index (χ2v) is 6.51. The lowest BCUT2D eigenvalue weighted by atomic mass is 9.81. The van der Waals surface area contributed by atoms with Gasteiger partial charge in [0.05, 0.1) is 5.41 Å². The molecule has 1 aromatic carbocycles. The Labute approximate surface area is 122 Å². The molecule has 2 rings (SSSR count). The number of piperidine rings is 1. The summed E-state index contributed by atoms with van der Waals surface area (Å²) in [7, 11) is 0. The molecule has 1 aliphatic rings. The summed E-state index contributed by atoms with van der Waals surface area (Å²) in [6.07, 6.45) is 2.10. The van der Waals surface area contributed by atoms with Crippen molar-refractivity contribution in [1.82, 2.24) is 4.90 Å². The van der Waals surface area contributed by atoms with E-state index in [1.54, 1.807) is 0 Å². The van der Waals surface area contributed by atoms with E-state index in [0.717, 1.165) is 24.9 Å². The van der Waals surface area contributed by atoms with E-state index >= 15 is 0 Å². The standard InChI is InChI=1S/C17H26N2O/c1-13-9-10-19(15(11-13)12-18)16(20)17(2,3)14-7-5-4-6-8-14/h4-8,13,15H,9-12,18H2,1-3H3. The number of amides is 1. The predicted molar refractivity (Wildman–Crippen MR) is 82.4 cm³/mol. The minimum Gasteiger partial charge on any atom is -0.338 e. The summed E-state index contributed by atoms with van der Waals surface area (Å²) in [4.78, 5) is 15.0. The molecule has 0 radical (unpaired) electrons. The van der Waals surface area contributed by atoms with E-state index in [9.17, 15) is 4.79 Å². The second kappa shape index (κ2) is 5.96. The van der Waals surface area contributed by atoms with E-state index < -0.39 is 5.41 Å². The van der Waals surface area contributed by atoms with Crippen molar-refractivity contribution < 1.29 is 4.79 Å². The SMILES string of the molecule is CC1CCN(C(=O)C(C)(C)c2ccccc2)C(CN)C1. The molecule has 0 saturated carbocycles. The molecule has 0 aromatic heterocycles. The molecule has 2 N–H and O–H groups in total. The highest BCUT2D eigenvalue weighted by Crippen LogP contribution is 2.30. The average molecular weight is 274 g/mol. The van der Waals surface area contributed by atoms with Crippen molar-refractivity contribution in [2.75, 3.05) is 13.1 Å². The van der Waals surface area contributed by atoms with Crippen molar-refractivity contribution in [3.05, 3.63) is 35.9 Å². The first-order chi connectivity index (χ1) is 9.46. The van der Waals surface area contributed by atoms with Gasteiger partial charge in [0.15, 0.2) is 0 Å². The number of hydrogen-bond acceptors (Lipinski definition) is 2.